The van der Waals surface area contributed by atoms with E-state index in [9.17, 15) is 14.2 Å². The van der Waals surface area contributed by atoms with E-state index in [-0.39, 0.29) is 19.4 Å². The van der Waals surface area contributed by atoms with Crippen molar-refractivity contribution in [2.45, 2.75) is 148 Å². The van der Waals surface area contributed by atoms with Crippen LogP contribution in [0.15, 0.2) is 72.9 Å². The minimum absolute atomic E-state index is 0.128. The first-order chi connectivity index (χ1) is 23.3. The summed E-state index contributed by atoms with van der Waals surface area (Å²) in [6.45, 7) is 3.47. The van der Waals surface area contributed by atoms with Crippen molar-refractivity contribution in [3.63, 3.8) is 0 Å². The summed E-state index contributed by atoms with van der Waals surface area (Å²) in [5.74, 6) is -0.972. The molecule has 0 aromatic heterocycles. The summed E-state index contributed by atoms with van der Waals surface area (Å²) in [4.78, 5) is 42.6. The molecule has 2 N–H and O–H groups in total. The number of carbonyl (C=O) groups is 2. The smallest absolute Gasteiger partial charge is 0.462 e. The summed E-state index contributed by atoms with van der Waals surface area (Å²) in [6.07, 6.45) is 43.4. The fourth-order valence-corrected chi connectivity index (χ4v) is 4.88. The molecule has 0 saturated heterocycles. The van der Waals surface area contributed by atoms with Gasteiger partial charge in [0, 0.05) is 12.8 Å². The van der Waals surface area contributed by atoms with Crippen molar-refractivity contribution in [3.05, 3.63) is 72.9 Å². The first-order valence-corrected chi connectivity index (χ1v) is 19.8. The lowest BCUT2D eigenvalue weighted by Crippen LogP contribution is -2.29. The minimum atomic E-state index is -4.77. The van der Waals surface area contributed by atoms with Crippen LogP contribution in [0.1, 0.15) is 142 Å². The topological polar surface area (TPSA) is 119 Å². The predicted molar refractivity (Wildman–Crippen MR) is 197 cm³/mol. The molecule has 8 nitrogen and oxygen atoms in total. The lowest BCUT2D eigenvalue weighted by atomic mass is 10.1. The maximum Gasteiger partial charge on any atom is 0.469 e. The van der Waals surface area contributed by atoms with Gasteiger partial charge in [0.1, 0.15) is 6.61 Å². The van der Waals surface area contributed by atoms with Crippen molar-refractivity contribution >= 4 is 19.8 Å². The molecule has 48 heavy (non-hydrogen) atoms. The monoisotopic (exact) mass is 692 g/mol. The minimum Gasteiger partial charge on any atom is -0.462 e. The molecule has 1 atom stereocenters. The van der Waals surface area contributed by atoms with Crippen LogP contribution < -0.4 is 0 Å². The second-order valence-electron chi connectivity index (χ2n) is 11.8. The standard InChI is InChI=1S/C39H65O8P/c1-3-5-7-9-11-13-15-17-18-19-20-22-24-26-28-30-32-34-39(41)47-37(36-46-48(42,43)44)35-45-38(40)33-31-29-27-25-23-21-16-14-12-10-8-6-4-2/h5,7,11,13-14,16-18,20,22,26,28,37H,3-4,6,8-10,12,15,19,21,23-25,27,29-36H2,1-2H3,(H2,42,43,44)/b7-5-,13-11-,16-14-,18-17-,22-20-,28-26-/t37-/m1/s1. The SMILES string of the molecule is CC/C=C\C/C=C\C/C=C\C/C=C\C/C=C\CCCC(=O)O[C@H](COC(=O)CCCCCCC/C=C\CCCCCC)COP(=O)(O)O. The van der Waals surface area contributed by atoms with E-state index in [1.807, 2.05) is 12.2 Å². The summed E-state index contributed by atoms with van der Waals surface area (Å²) in [5.41, 5.74) is 0. The van der Waals surface area contributed by atoms with Crippen LogP contribution in [0.2, 0.25) is 0 Å². The Hall–Kier alpha value is -2.51. The van der Waals surface area contributed by atoms with Gasteiger partial charge in [-0.25, -0.2) is 4.57 Å². The molecule has 274 valence electrons. The molecule has 0 rings (SSSR count). The number of hydrogen-bond donors (Lipinski definition) is 2. The zero-order valence-corrected chi connectivity index (χ0v) is 30.7. The van der Waals surface area contributed by atoms with E-state index in [0.29, 0.717) is 19.3 Å². The number of carbonyl (C=O) groups excluding carboxylic acids is 2. The van der Waals surface area contributed by atoms with Crippen LogP contribution in [0, 0.1) is 0 Å². The number of rotatable bonds is 32. The second-order valence-corrected chi connectivity index (χ2v) is 13.0. The molecule has 9 heteroatoms. The van der Waals surface area contributed by atoms with Crippen LogP contribution in [0.3, 0.4) is 0 Å². The Morgan fingerprint density at radius 3 is 1.58 bits per heavy atom. The molecule has 0 aromatic carbocycles. The van der Waals surface area contributed by atoms with E-state index >= 15 is 0 Å². The summed E-state index contributed by atoms with van der Waals surface area (Å²) >= 11 is 0. The highest BCUT2D eigenvalue weighted by molar-refractivity contribution is 7.46. The third kappa shape index (κ3) is 36.3. The Balaban J connectivity index is 4.13. The average molecular weight is 693 g/mol. The van der Waals surface area contributed by atoms with E-state index in [0.717, 1.165) is 64.2 Å². The zero-order valence-electron chi connectivity index (χ0n) is 29.9. The molecule has 0 aromatic rings. The molecule has 0 fully saturated rings. The fourth-order valence-electron chi connectivity index (χ4n) is 4.52. The largest absolute Gasteiger partial charge is 0.469 e. The molecule has 0 aliphatic carbocycles. The van der Waals surface area contributed by atoms with Crippen molar-refractivity contribution < 1.29 is 37.9 Å². The average Bonchev–Trinajstić information content (AvgIpc) is 3.05. The van der Waals surface area contributed by atoms with Gasteiger partial charge in [-0.2, -0.15) is 0 Å². The number of allylic oxidation sites excluding steroid dienone is 12. The Labute approximate surface area is 291 Å². The Kier molecular flexibility index (Phi) is 32.6. The van der Waals surface area contributed by atoms with Gasteiger partial charge in [-0.05, 0) is 77.0 Å². The summed E-state index contributed by atoms with van der Waals surface area (Å²) < 4.78 is 26.2. The molecule has 0 heterocycles. The molecular formula is C39H65O8P. The molecule has 0 aliphatic rings. The van der Waals surface area contributed by atoms with Gasteiger partial charge in [0.25, 0.3) is 0 Å². The van der Waals surface area contributed by atoms with E-state index in [1.165, 1.54) is 32.1 Å². The highest BCUT2D eigenvalue weighted by atomic mass is 31.2. The molecule has 0 bridgehead atoms. The normalized spacial score (nSPS) is 13.3. The Morgan fingerprint density at radius 2 is 1.02 bits per heavy atom. The van der Waals surface area contributed by atoms with Gasteiger partial charge in [-0.1, -0.05) is 125 Å². The van der Waals surface area contributed by atoms with Crippen molar-refractivity contribution in [1.82, 2.24) is 0 Å². The Bertz CT molecular complexity index is 1010. The summed E-state index contributed by atoms with van der Waals surface area (Å²) in [5, 5.41) is 0. The number of phosphoric acid groups is 1. The van der Waals surface area contributed by atoms with Gasteiger partial charge in [0.2, 0.25) is 0 Å². The van der Waals surface area contributed by atoms with Gasteiger partial charge in [0.05, 0.1) is 6.61 Å². The highest BCUT2D eigenvalue weighted by Crippen LogP contribution is 2.35. The summed E-state index contributed by atoms with van der Waals surface area (Å²) in [6, 6.07) is 0. The lowest BCUT2D eigenvalue weighted by molar-refractivity contribution is -0.161. The molecule has 0 unspecified atom stereocenters. The summed E-state index contributed by atoms with van der Waals surface area (Å²) in [7, 11) is -4.77. The van der Waals surface area contributed by atoms with Gasteiger partial charge in [-0.15, -0.1) is 0 Å². The quantitative estimate of drug-likeness (QED) is 0.0309. The molecule has 0 radical (unpaired) electrons. The van der Waals surface area contributed by atoms with E-state index in [1.54, 1.807) is 0 Å². The molecule has 0 amide bonds. The third-order valence-corrected chi connectivity index (χ3v) is 7.69. The number of ether oxygens (including phenoxy) is 2. The van der Waals surface area contributed by atoms with Crippen LogP contribution in [-0.2, 0) is 28.2 Å². The maximum absolute atomic E-state index is 12.3. The predicted octanol–water partition coefficient (Wildman–Crippen LogP) is 10.7. The zero-order chi connectivity index (χ0) is 35.4. The fraction of sp³-hybridized carbons (Fsp3) is 0.641. The van der Waals surface area contributed by atoms with Crippen molar-refractivity contribution in [1.29, 1.82) is 0 Å². The van der Waals surface area contributed by atoms with Crippen LogP contribution in [0.4, 0.5) is 0 Å². The maximum atomic E-state index is 12.3. The van der Waals surface area contributed by atoms with E-state index in [4.69, 9.17) is 19.3 Å². The van der Waals surface area contributed by atoms with Crippen LogP contribution in [-0.4, -0.2) is 41.0 Å². The number of hydrogen-bond acceptors (Lipinski definition) is 6. The number of esters is 2. The van der Waals surface area contributed by atoms with Gasteiger partial charge in [0.15, 0.2) is 6.10 Å². The van der Waals surface area contributed by atoms with Crippen molar-refractivity contribution in [3.8, 4) is 0 Å². The first-order valence-electron chi connectivity index (χ1n) is 18.2. The molecular weight excluding hydrogens is 627 g/mol. The van der Waals surface area contributed by atoms with Crippen LogP contribution in [0.25, 0.3) is 0 Å². The molecule has 0 spiro atoms. The van der Waals surface area contributed by atoms with Gasteiger partial charge in [-0.3, -0.25) is 14.1 Å². The Morgan fingerprint density at radius 1 is 0.562 bits per heavy atom. The van der Waals surface area contributed by atoms with Gasteiger partial charge < -0.3 is 19.3 Å². The first kappa shape index (κ1) is 45.5. The highest BCUT2D eigenvalue weighted by Gasteiger charge is 2.22. The van der Waals surface area contributed by atoms with Crippen molar-refractivity contribution in [2.75, 3.05) is 13.2 Å². The number of unbranched alkanes of at least 4 members (excludes halogenated alkanes) is 10. The van der Waals surface area contributed by atoms with Crippen molar-refractivity contribution in [2.24, 2.45) is 0 Å². The van der Waals surface area contributed by atoms with E-state index in [2.05, 4.69) is 79.1 Å². The third-order valence-electron chi connectivity index (χ3n) is 7.21. The second kappa shape index (κ2) is 34.4. The van der Waals surface area contributed by atoms with Crippen LogP contribution in [0.5, 0.6) is 0 Å². The van der Waals surface area contributed by atoms with Gasteiger partial charge >= 0.3 is 19.8 Å². The van der Waals surface area contributed by atoms with E-state index < -0.39 is 32.5 Å². The molecule has 0 saturated carbocycles. The molecule has 0 aliphatic heterocycles. The lowest BCUT2D eigenvalue weighted by Gasteiger charge is -2.18. The number of phosphoric ester groups is 1. The van der Waals surface area contributed by atoms with Crippen LogP contribution >= 0.6 is 7.82 Å².